The number of amides is 1. The van der Waals surface area contributed by atoms with Crippen LogP contribution in [0.1, 0.15) is 31.4 Å². The Hall–Kier alpha value is -1.86. The van der Waals surface area contributed by atoms with Crippen molar-refractivity contribution in [3.05, 3.63) is 35.4 Å². The molecular weight excluding hydrogens is 250 g/mol. The number of nitrogens with two attached hydrogens (primary N) is 1. The van der Waals surface area contributed by atoms with E-state index in [4.69, 9.17) is 11.0 Å². The summed E-state index contributed by atoms with van der Waals surface area (Å²) in [5.74, 6) is 0.430. The molecule has 4 heteroatoms. The highest BCUT2D eigenvalue weighted by atomic mass is 16.2. The van der Waals surface area contributed by atoms with Gasteiger partial charge in [-0.15, -0.1) is 0 Å². The zero-order valence-corrected chi connectivity index (χ0v) is 12.5. The van der Waals surface area contributed by atoms with Gasteiger partial charge < -0.3 is 10.6 Å². The summed E-state index contributed by atoms with van der Waals surface area (Å²) in [6, 6.07) is 9.37. The number of nitriles is 1. The SMILES string of the molecule is CC(C)CC(CN)C(=O)N(C)Cc1ccc(C#N)cc1. The summed E-state index contributed by atoms with van der Waals surface area (Å²) < 4.78 is 0. The number of benzene rings is 1. The minimum absolute atomic E-state index is 0.0885. The average molecular weight is 273 g/mol. The third-order valence-corrected chi connectivity index (χ3v) is 3.27. The molecule has 4 nitrogen and oxygen atoms in total. The van der Waals surface area contributed by atoms with Crippen molar-refractivity contribution in [1.82, 2.24) is 4.90 Å². The van der Waals surface area contributed by atoms with Gasteiger partial charge in [0.25, 0.3) is 0 Å². The van der Waals surface area contributed by atoms with Crippen molar-refractivity contribution in [2.24, 2.45) is 17.6 Å². The fraction of sp³-hybridized carbons (Fsp3) is 0.500. The highest BCUT2D eigenvalue weighted by Crippen LogP contribution is 2.15. The summed E-state index contributed by atoms with van der Waals surface area (Å²) in [5, 5.41) is 8.76. The molecule has 1 aromatic rings. The van der Waals surface area contributed by atoms with Gasteiger partial charge in [-0.25, -0.2) is 0 Å². The Kier molecular flexibility index (Phi) is 6.20. The van der Waals surface area contributed by atoms with Crippen LogP contribution in [-0.2, 0) is 11.3 Å². The number of hydrogen-bond donors (Lipinski definition) is 1. The summed E-state index contributed by atoms with van der Waals surface area (Å²) in [5.41, 5.74) is 7.35. The first-order valence-electron chi connectivity index (χ1n) is 6.92. The van der Waals surface area contributed by atoms with Gasteiger partial charge in [-0.05, 0) is 30.0 Å². The summed E-state index contributed by atoms with van der Waals surface area (Å²) in [6.07, 6.45) is 0.813. The van der Waals surface area contributed by atoms with E-state index < -0.39 is 0 Å². The van der Waals surface area contributed by atoms with E-state index in [-0.39, 0.29) is 11.8 Å². The van der Waals surface area contributed by atoms with E-state index in [0.717, 1.165) is 12.0 Å². The van der Waals surface area contributed by atoms with Crippen molar-refractivity contribution in [2.45, 2.75) is 26.8 Å². The monoisotopic (exact) mass is 273 g/mol. The van der Waals surface area contributed by atoms with Crippen LogP contribution in [0.5, 0.6) is 0 Å². The summed E-state index contributed by atoms with van der Waals surface area (Å²) in [4.78, 5) is 14.0. The van der Waals surface area contributed by atoms with E-state index in [0.29, 0.717) is 24.6 Å². The molecule has 0 fully saturated rings. The molecule has 0 saturated carbocycles. The van der Waals surface area contributed by atoms with Gasteiger partial charge in [0.2, 0.25) is 5.91 Å². The van der Waals surface area contributed by atoms with Crippen LogP contribution >= 0.6 is 0 Å². The third kappa shape index (κ3) is 4.67. The van der Waals surface area contributed by atoms with Crippen molar-refractivity contribution >= 4 is 5.91 Å². The zero-order chi connectivity index (χ0) is 15.1. The second-order valence-electron chi connectivity index (χ2n) is 5.57. The molecule has 0 bridgehead atoms. The fourth-order valence-electron chi connectivity index (χ4n) is 2.22. The Bertz CT molecular complexity index is 473. The smallest absolute Gasteiger partial charge is 0.227 e. The van der Waals surface area contributed by atoms with Gasteiger partial charge in [0.05, 0.1) is 17.6 Å². The largest absolute Gasteiger partial charge is 0.341 e. The van der Waals surface area contributed by atoms with E-state index >= 15 is 0 Å². The first-order chi connectivity index (χ1) is 9.47. The van der Waals surface area contributed by atoms with Crippen LogP contribution in [0, 0.1) is 23.2 Å². The normalized spacial score (nSPS) is 12.0. The maximum atomic E-state index is 12.3. The van der Waals surface area contributed by atoms with Crippen LogP contribution in [0.25, 0.3) is 0 Å². The van der Waals surface area contributed by atoms with Crippen LogP contribution in [0.15, 0.2) is 24.3 Å². The first-order valence-corrected chi connectivity index (χ1v) is 6.92. The van der Waals surface area contributed by atoms with Gasteiger partial charge in [0.15, 0.2) is 0 Å². The van der Waals surface area contributed by atoms with E-state index in [9.17, 15) is 4.79 Å². The third-order valence-electron chi connectivity index (χ3n) is 3.27. The number of nitrogens with zero attached hydrogens (tertiary/aromatic N) is 2. The topological polar surface area (TPSA) is 70.1 Å². The lowest BCUT2D eigenvalue weighted by molar-refractivity contribution is -0.134. The zero-order valence-electron chi connectivity index (χ0n) is 12.5. The highest BCUT2D eigenvalue weighted by Gasteiger charge is 2.21. The van der Waals surface area contributed by atoms with Crippen molar-refractivity contribution in [3.63, 3.8) is 0 Å². The summed E-state index contributed by atoms with van der Waals surface area (Å²) >= 11 is 0. The maximum absolute atomic E-state index is 12.3. The van der Waals surface area contributed by atoms with Crippen molar-refractivity contribution in [1.29, 1.82) is 5.26 Å². The molecule has 1 amide bonds. The molecule has 0 aliphatic rings. The van der Waals surface area contributed by atoms with Crippen LogP contribution < -0.4 is 5.73 Å². The molecule has 1 rings (SSSR count). The lowest BCUT2D eigenvalue weighted by atomic mass is 9.96. The standard InChI is InChI=1S/C16H23N3O/c1-12(2)8-15(10-18)16(20)19(3)11-14-6-4-13(9-17)5-7-14/h4-7,12,15H,8,10-11,18H2,1-3H3. The van der Waals surface area contributed by atoms with Gasteiger partial charge >= 0.3 is 0 Å². The molecule has 1 aromatic carbocycles. The van der Waals surface area contributed by atoms with Crippen LogP contribution in [0.4, 0.5) is 0 Å². The van der Waals surface area contributed by atoms with Gasteiger partial charge in [0.1, 0.15) is 0 Å². The Morgan fingerprint density at radius 3 is 2.40 bits per heavy atom. The van der Waals surface area contributed by atoms with Gasteiger partial charge in [-0.2, -0.15) is 5.26 Å². The molecule has 0 spiro atoms. The van der Waals surface area contributed by atoms with Crippen molar-refractivity contribution in [3.8, 4) is 6.07 Å². The number of carbonyl (C=O) groups excluding carboxylic acids is 1. The maximum Gasteiger partial charge on any atom is 0.227 e. The molecule has 108 valence electrons. The van der Waals surface area contributed by atoms with E-state index in [1.165, 1.54) is 0 Å². The van der Waals surface area contributed by atoms with Crippen LogP contribution in [0.2, 0.25) is 0 Å². The highest BCUT2D eigenvalue weighted by molar-refractivity contribution is 5.78. The number of carbonyl (C=O) groups is 1. The second-order valence-corrected chi connectivity index (χ2v) is 5.57. The minimum Gasteiger partial charge on any atom is -0.341 e. The molecule has 1 atom stereocenters. The molecule has 2 N–H and O–H groups in total. The van der Waals surface area contributed by atoms with E-state index in [2.05, 4.69) is 19.9 Å². The van der Waals surface area contributed by atoms with E-state index in [1.807, 2.05) is 12.1 Å². The van der Waals surface area contributed by atoms with Crippen molar-refractivity contribution in [2.75, 3.05) is 13.6 Å². The Morgan fingerprint density at radius 1 is 1.35 bits per heavy atom. The van der Waals surface area contributed by atoms with Crippen molar-refractivity contribution < 1.29 is 4.79 Å². The number of hydrogen-bond acceptors (Lipinski definition) is 3. The number of rotatable bonds is 6. The fourth-order valence-corrected chi connectivity index (χ4v) is 2.22. The molecule has 1 unspecified atom stereocenters. The Balaban J connectivity index is 2.66. The minimum atomic E-state index is -0.113. The molecule has 0 aliphatic carbocycles. The lowest BCUT2D eigenvalue weighted by Crippen LogP contribution is -2.36. The van der Waals surface area contributed by atoms with E-state index in [1.54, 1.807) is 24.1 Å². The Morgan fingerprint density at radius 2 is 1.95 bits per heavy atom. The summed E-state index contributed by atoms with van der Waals surface area (Å²) in [6.45, 7) is 5.11. The molecule has 0 aromatic heterocycles. The predicted molar refractivity (Wildman–Crippen MR) is 79.6 cm³/mol. The summed E-state index contributed by atoms with van der Waals surface area (Å²) in [7, 11) is 1.80. The molecule has 0 heterocycles. The van der Waals surface area contributed by atoms with Gasteiger partial charge in [-0.3, -0.25) is 4.79 Å². The quantitative estimate of drug-likeness (QED) is 0.863. The van der Waals surface area contributed by atoms with Crippen LogP contribution in [-0.4, -0.2) is 24.4 Å². The molecule has 0 aliphatic heterocycles. The lowest BCUT2D eigenvalue weighted by Gasteiger charge is -2.24. The second kappa shape index (κ2) is 7.66. The first kappa shape index (κ1) is 16.2. The predicted octanol–water partition coefficient (Wildman–Crippen LogP) is 2.14. The molecular formula is C16H23N3O. The molecule has 0 saturated heterocycles. The molecule has 20 heavy (non-hydrogen) atoms. The van der Waals surface area contributed by atoms with Gasteiger partial charge in [-0.1, -0.05) is 26.0 Å². The Labute approximate surface area is 121 Å². The van der Waals surface area contributed by atoms with Gasteiger partial charge in [0, 0.05) is 20.1 Å². The molecule has 0 radical (unpaired) electrons. The van der Waals surface area contributed by atoms with Crippen LogP contribution in [0.3, 0.4) is 0 Å². The average Bonchev–Trinajstić information content (AvgIpc) is 2.44.